The fourth-order valence-electron chi connectivity index (χ4n) is 5.97. The van der Waals surface area contributed by atoms with Gasteiger partial charge in [0.1, 0.15) is 12.6 Å². The van der Waals surface area contributed by atoms with Gasteiger partial charge < -0.3 is 10.2 Å². The zero-order valence-corrected chi connectivity index (χ0v) is 30.8. The highest BCUT2D eigenvalue weighted by molar-refractivity contribution is 7.92. The Morgan fingerprint density at radius 1 is 0.796 bits per heavy atom. The van der Waals surface area contributed by atoms with E-state index in [2.05, 4.69) is 5.32 Å². The minimum atomic E-state index is -4.35. The van der Waals surface area contributed by atoms with Crippen LogP contribution in [0, 0.1) is 6.92 Å². The molecule has 4 aromatic carbocycles. The van der Waals surface area contributed by atoms with E-state index in [-0.39, 0.29) is 50.6 Å². The molecule has 1 atom stereocenters. The maximum atomic E-state index is 14.7. The predicted molar refractivity (Wildman–Crippen MR) is 198 cm³/mol. The van der Waals surface area contributed by atoms with E-state index in [1.807, 2.05) is 37.3 Å². The highest BCUT2D eigenvalue weighted by Gasteiger charge is 2.36. The van der Waals surface area contributed by atoms with Crippen molar-refractivity contribution < 1.29 is 18.0 Å². The SMILES string of the molecule is Cc1ccc(S(=O)(=O)N(CC(=O)N(Cc2ccc(Cl)c(Cl)c2)C(Cc2ccccc2)C(=O)NC2CCCCC2)c2cccc(Cl)c2Cl)cc1. The number of anilines is 1. The molecular formula is C37H37Cl4N3O4S. The van der Waals surface area contributed by atoms with Crippen molar-refractivity contribution in [3.05, 3.63) is 128 Å². The summed E-state index contributed by atoms with van der Waals surface area (Å²) in [5, 5.41) is 3.91. The lowest BCUT2D eigenvalue weighted by Crippen LogP contribution is -2.55. The summed E-state index contributed by atoms with van der Waals surface area (Å²) in [4.78, 5) is 30.4. The monoisotopic (exact) mass is 759 g/mol. The maximum absolute atomic E-state index is 14.7. The first kappa shape index (κ1) is 37.0. The fraction of sp³-hybridized carbons (Fsp3) is 0.297. The van der Waals surface area contributed by atoms with E-state index in [0.717, 1.165) is 47.5 Å². The van der Waals surface area contributed by atoms with E-state index < -0.39 is 28.5 Å². The molecule has 7 nitrogen and oxygen atoms in total. The summed E-state index contributed by atoms with van der Waals surface area (Å²) in [6.45, 7) is 1.13. The molecule has 0 aromatic heterocycles. The number of carbonyl (C=O) groups is 2. The van der Waals surface area contributed by atoms with Crippen LogP contribution in [0.3, 0.4) is 0 Å². The van der Waals surface area contributed by atoms with Crippen molar-refractivity contribution in [1.29, 1.82) is 0 Å². The topological polar surface area (TPSA) is 86.8 Å². The first-order chi connectivity index (χ1) is 23.4. The Bertz CT molecular complexity index is 1890. The van der Waals surface area contributed by atoms with Crippen LogP contribution in [0.2, 0.25) is 20.1 Å². The number of halogens is 4. The van der Waals surface area contributed by atoms with E-state index in [9.17, 15) is 18.0 Å². The van der Waals surface area contributed by atoms with Crippen LogP contribution in [0.4, 0.5) is 5.69 Å². The zero-order chi connectivity index (χ0) is 35.1. The van der Waals surface area contributed by atoms with Gasteiger partial charge in [-0.1, -0.05) is 126 Å². The fourth-order valence-corrected chi connectivity index (χ4v) is 8.16. The molecule has 4 aromatic rings. The number of sulfonamides is 1. The van der Waals surface area contributed by atoms with Gasteiger partial charge in [0.15, 0.2) is 0 Å². The Morgan fingerprint density at radius 3 is 2.16 bits per heavy atom. The zero-order valence-electron chi connectivity index (χ0n) is 26.9. The Hall–Kier alpha value is -3.27. The first-order valence-corrected chi connectivity index (χ1v) is 19.0. The van der Waals surface area contributed by atoms with Crippen molar-refractivity contribution in [2.45, 2.75) is 69.0 Å². The summed E-state index contributed by atoms with van der Waals surface area (Å²) in [6.07, 6.45) is 5.01. The van der Waals surface area contributed by atoms with E-state index in [0.29, 0.717) is 10.6 Å². The minimum Gasteiger partial charge on any atom is -0.352 e. The average molecular weight is 762 g/mol. The lowest BCUT2D eigenvalue weighted by atomic mass is 9.94. The number of benzene rings is 4. The van der Waals surface area contributed by atoms with Crippen molar-refractivity contribution in [1.82, 2.24) is 10.2 Å². The van der Waals surface area contributed by atoms with Gasteiger partial charge in [0, 0.05) is 19.0 Å². The van der Waals surface area contributed by atoms with E-state index in [1.165, 1.54) is 29.2 Å². The lowest BCUT2D eigenvalue weighted by molar-refractivity contribution is -0.140. The first-order valence-electron chi connectivity index (χ1n) is 16.0. The molecule has 1 saturated carbocycles. The molecule has 12 heteroatoms. The number of nitrogens with one attached hydrogen (secondary N) is 1. The van der Waals surface area contributed by atoms with Crippen LogP contribution in [0.1, 0.15) is 48.8 Å². The van der Waals surface area contributed by atoms with Gasteiger partial charge in [0.2, 0.25) is 11.8 Å². The summed E-state index contributed by atoms with van der Waals surface area (Å²) < 4.78 is 29.6. The van der Waals surface area contributed by atoms with Gasteiger partial charge in [-0.05, 0) is 67.3 Å². The molecule has 0 aliphatic heterocycles. The van der Waals surface area contributed by atoms with Gasteiger partial charge in [-0.3, -0.25) is 13.9 Å². The second-order valence-electron chi connectivity index (χ2n) is 12.2. The molecule has 0 spiro atoms. The Balaban J connectivity index is 1.60. The Kier molecular flexibility index (Phi) is 12.6. The quantitative estimate of drug-likeness (QED) is 0.156. The van der Waals surface area contributed by atoms with Gasteiger partial charge in [-0.2, -0.15) is 0 Å². The molecule has 1 aliphatic rings. The van der Waals surface area contributed by atoms with Crippen LogP contribution in [-0.2, 0) is 32.6 Å². The lowest BCUT2D eigenvalue weighted by Gasteiger charge is -2.35. The van der Waals surface area contributed by atoms with Crippen LogP contribution in [0.5, 0.6) is 0 Å². The molecule has 0 heterocycles. The normalized spacial score (nSPS) is 14.2. The number of hydrogen-bond acceptors (Lipinski definition) is 4. The van der Waals surface area contributed by atoms with Gasteiger partial charge >= 0.3 is 0 Å². The van der Waals surface area contributed by atoms with Gasteiger partial charge in [-0.25, -0.2) is 8.42 Å². The third kappa shape index (κ3) is 9.30. The molecular weight excluding hydrogens is 724 g/mol. The molecule has 1 aliphatic carbocycles. The van der Waals surface area contributed by atoms with Crippen LogP contribution >= 0.6 is 46.4 Å². The second kappa shape index (κ2) is 16.6. The number of hydrogen-bond donors (Lipinski definition) is 1. The van der Waals surface area contributed by atoms with Crippen molar-refractivity contribution >= 4 is 73.9 Å². The maximum Gasteiger partial charge on any atom is 0.264 e. The smallest absolute Gasteiger partial charge is 0.264 e. The second-order valence-corrected chi connectivity index (χ2v) is 15.7. The van der Waals surface area contributed by atoms with Crippen molar-refractivity contribution in [2.75, 3.05) is 10.8 Å². The molecule has 5 rings (SSSR count). The Labute approximate surface area is 308 Å². The van der Waals surface area contributed by atoms with Crippen molar-refractivity contribution in [2.24, 2.45) is 0 Å². The summed E-state index contributed by atoms with van der Waals surface area (Å²) in [7, 11) is -4.35. The highest BCUT2D eigenvalue weighted by Crippen LogP contribution is 2.36. The molecule has 258 valence electrons. The van der Waals surface area contributed by atoms with E-state index in [1.54, 1.807) is 36.4 Å². The largest absolute Gasteiger partial charge is 0.352 e. The Morgan fingerprint density at radius 2 is 1.49 bits per heavy atom. The molecule has 1 fully saturated rings. The molecule has 2 amide bonds. The average Bonchev–Trinajstić information content (AvgIpc) is 3.09. The third-order valence-electron chi connectivity index (χ3n) is 8.65. The molecule has 0 radical (unpaired) electrons. The number of carbonyl (C=O) groups excluding carboxylic acids is 2. The molecule has 1 unspecified atom stereocenters. The standard InChI is InChI=1S/C37H37Cl4N3O4S/c1-25-15-18-29(19-16-25)49(47,48)44(33-14-8-13-31(39)36(33)41)24-35(45)43(23-27-17-20-30(38)32(40)21-27)34(22-26-9-4-2-5-10-26)37(46)42-28-11-6-3-7-12-28/h2,4-5,8-10,13-21,28,34H,3,6-7,11-12,22-24H2,1H3,(H,42,46). The molecule has 0 saturated heterocycles. The summed E-state index contributed by atoms with van der Waals surface area (Å²) in [5.74, 6) is -0.949. The van der Waals surface area contributed by atoms with Crippen LogP contribution in [0.25, 0.3) is 0 Å². The van der Waals surface area contributed by atoms with Crippen molar-refractivity contribution in [3.63, 3.8) is 0 Å². The van der Waals surface area contributed by atoms with E-state index in [4.69, 9.17) is 46.4 Å². The van der Waals surface area contributed by atoms with Gasteiger partial charge in [0.25, 0.3) is 10.0 Å². The van der Waals surface area contributed by atoms with Crippen LogP contribution in [-0.4, -0.2) is 43.8 Å². The summed E-state index contributed by atoms with van der Waals surface area (Å²) in [6, 6.07) is 24.3. The predicted octanol–water partition coefficient (Wildman–Crippen LogP) is 8.89. The van der Waals surface area contributed by atoms with Crippen molar-refractivity contribution in [3.8, 4) is 0 Å². The number of rotatable bonds is 12. The molecule has 49 heavy (non-hydrogen) atoms. The summed E-state index contributed by atoms with van der Waals surface area (Å²) in [5.41, 5.74) is 2.34. The number of nitrogens with zero attached hydrogens (tertiary/aromatic N) is 2. The van der Waals surface area contributed by atoms with Gasteiger partial charge in [-0.15, -0.1) is 0 Å². The number of aryl methyl sites for hydroxylation is 1. The van der Waals surface area contributed by atoms with Crippen LogP contribution in [0.15, 0.2) is 95.9 Å². The molecule has 0 bridgehead atoms. The molecule has 1 N–H and O–H groups in total. The minimum absolute atomic E-state index is 0.0230. The van der Waals surface area contributed by atoms with Gasteiger partial charge in [0.05, 0.1) is 30.7 Å². The third-order valence-corrected chi connectivity index (χ3v) is 12.0. The van der Waals surface area contributed by atoms with Crippen LogP contribution < -0.4 is 9.62 Å². The van der Waals surface area contributed by atoms with E-state index >= 15 is 0 Å². The summed E-state index contributed by atoms with van der Waals surface area (Å²) >= 11 is 25.6. The highest BCUT2D eigenvalue weighted by atomic mass is 35.5. The number of amides is 2.